The summed E-state index contributed by atoms with van der Waals surface area (Å²) < 4.78 is 9.18. The Kier molecular flexibility index (Phi) is 6.55. The van der Waals surface area contributed by atoms with Crippen molar-refractivity contribution in [3.8, 4) is 0 Å². The standard InChI is InChI=1S/C24H29N3O3/c1-16-13-22(19(4)27(16)14-20-9-7-6-8-10-20)23(28)15-30-24(29)12-11-21-17(2)25-26(5)18(21)3/h6-10,13H,11-12,14-15H2,1-5H3. The van der Waals surface area contributed by atoms with E-state index in [1.165, 1.54) is 5.56 Å². The summed E-state index contributed by atoms with van der Waals surface area (Å²) in [5.41, 5.74) is 6.70. The molecule has 0 fully saturated rings. The molecule has 158 valence electrons. The number of hydrogen-bond donors (Lipinski definition) is 0. The van der Waals surface area contributed by atoms with Gasteiger partial charge in [-0.15, -0.1) is 0 Å². The van der Waals surface area contributed by atoms with Gasteiger partial charge in [0.05, 0.1) is 5.69 Å². The van der Waals surface area contributed by atoms with Gasteiger partial charge in [0.15, 0.2) is 6.61 Å². The molecular formula is C24H29N3O3. The lowest BCUT2D eigenvalue weighted by Crippen LogP contribution is -2.15. The largest absolute Gasteiger partial charge is 0.457 e. The molecule has 6 heteroatoms. The third kappa shape index (κ3) is 4.70. The second-order valence-corrected chi connectivity index (χ2v) is 7.71. The first-order valence-corrected chi connectivity index (χ1v) is 10.2. The minimum Gasteiger partial charge on any atom is -0.457 e. The smallest absolute Gasteiger partial charge is 0.306 e. The van der Waals surface area contributed by atoms with E-state index in [2.05, 4.69) is 21.8 Å². The van der Waals surface area contributed by atoms with Crippen LogP contribution in [0, 0.1) is 27.7 Å². The highest BCUT2D eigenvalue weighted by Crippen LogP contribution is 2.18. The maximum absolute atomic E-state index is 12.7. The van der Waals surface area contributed by atoms with Gasteiger partial charge in [0, 0.05) is 42.7 Å². The van der Waals surface area contributed by atoms with Crippen molar-refractivity contribution in [1.82, 2.24) is 14.3 Å². The lowest BCUT2D eigenvalue weighted by Gasteiger charge is -2.10. The first-order valence-electron chi connectivity index (χ1n) is 10.2. The fourth-order valence-electron chi connectivity index (χ4n) is 3.80. The predicted molar refractivity (Wildman–Crippen MR) is 116 cm³/mol. The Balaban J connectivity index is 1.58. The third-order valence-corrected chi connectivity index (χ3v) is 5.66. The quantitative estimate of drug-likeness (QED) is 0.420. The number of aromatic nitrogens is 3. The Morgan fingerprint density at radius 1 is 1.03 bits per heavy atom. The molecule has 2 heterocycles. The van der Waals surface area contributed by atoms with E-state index in [1.54, 1.807) is 0 Å². The maximum Gasteiger partial charge on any atom is 0.306 e. The number of aryl methyl sites for hydroxylation is 3. The molecule has 0 aliphatic heterocycles. The molecular weight excluding hydrogens is 378 g/mol. The minimum atomic E-state index is -0.371. The molecule has 0 atom stereocenters. The molecule has 0 aliphatic carbocycles. The normalized spacial score (nSPS) is 11.0. The molecule has 0 radical (unpaired) electrons. The molecule has 3 aromatic rings. The molecule has 0 unspecified atom stereocenters. The number of carbonyl (C=O) groups excluding carboxylic acids is 2. The molecule has 3 rings (SSSR count). The van der Waals surface area contributed by atoms with Crippen LogP contribution in [0.3, 0.4) is 0 Å². The fraction of sp³-hybridized carbons (Fsp3) is 0.375. The Morgan fingerprint density at radius 2 is 1.73 bits per heavy atom. The van der Waals surface area contributed by atoms with Crippen LogP contribution in [0.2, 0.25) is 0 Å². The van der Waals surface area contributed by atoms with Crippen LogP contribution >= 0.6 is 0 Å². The minimum absolute atomic E-state index is 0.176. The number of Topliss-reactive ketones (excluding diaryl/α,β-unsaturated/α-hetero) is 1. The summed E-state index contributed by atoms with van der Waals surface area (Å²) in [6, 6.07) is 12.0. The zero-order valence-electron chi connectivity index (χ0n) is 18.4. The van der Waals surface area contributed by atoms with Crippen molar-refractivity contribution in [1.29, 1.82) is 0 Å². The topological polar surface area (TPSA) is 66.1 Å². The van der Waals surface area contributed by atoms with Crippen LogP contribution in [0.5, 0.6) is 0 Å². The van der Waals surface area contributed by atoms with Crippen molar-refractivity contribution in [2.45, 2.75) is 47.1 Å². The molecule has 0 saturated carbocycles. The van der Waals surface area contributed by atoms with Gasteiger partial charge in [-0.05, 0) is 51.3 Å². The van der Waals surface area contributed by atoms with Crippen LogP contribution in [0.25, 0.3) is 0 Å². The van der Waals surface area contributed by atoms with E-state index >= 15 is 0 Å². The predicted octanol–water partition coefficient (Wildman–Crippen LogP) is 3.86. The van der Waals surface area contributed by atoms with Crippen LogP contribution in [0.15, 0.2) is 36.4 Å². The van der Waals surface area contributed by atoms with Gasteiger partial charge in [0.25, 0.3) is 0 Å². The average Bonchev–Trinajstić information content (AvgIpc) is 3.14. The van der Waals surface area contributed by atoms with Gasteiger partial charge in [-0.25, -0.2) is 0 Å². The zero-order valence-corrected chi connectivity index (χ0v) is 18.4. The Hall–Kier alpha value is -3.15. The van der Waals surface area contributed by atoms with E-state index < -0.39 is 0 Å². The van der Waals surface area contributed by atoms with E-state index in [-0.39, 0.29) is 24.8 Å². The summed E-state index contributed by atoms with van der Waals surface area (Å²) in [7, 11) is 1.89. The molecule has 0 saturated heterocycles. The number of ketones is 1. The molecule has 6 nitrogen and oxygen atoms in total. The zero-order chi connectivity index (χ0) is 21.8. The number of nitrogens with zero attached hydrogens (tertiary/aromatic N) is 3. The van der Waals surface area contributed by atoms with E-state index in [0.717, 1.165) is 28.3 Å². The number of hydrogen-bond acceptors (Lipinski definition) is 4. The Labute approximate surface area is 177 Å². The number of rotatable bonds is 8. The van der Waals surface area contributed by atoms with Crippen molar-refractivity contribution in [3.05, 3.63) is 75.9 Å². The van der Waals surface area contributed by atoms with E-state index in [1.807, 2.05) is 63.7 Å². The molecule has 2 aromatic heterocycles. The first-order chi connectivity index (χ1) is 14.3. The number of ether oxygens (including phenoxy) is 1. The molecule has 0 amide bonds. The summed E-state index contributed by atoms with van der Waals surface area (Å²) >= 11 is 0. The number of benzene rings is 1. The summed E-state index contributed by atoms with van der Waals surface area (Å²) in [5.74, 6) is -0.548. The highest BCUT2D eigenvalue weighted by Gasteiger charge is 2.18. The molecule has 30 heavy (non-hydrogen) atoms. The monoisotopic (exact) mass is 407 g/mol. The maximum atomic E-state index is 12.7. The molecule has 0 N–H and O–H groups in total. The van der Waals surface area contributed by atoms with Gasteiger partial charge < -0.3 is 9.30 Å². The molecule has 0 bridgehead atoms. The molecule has 0 spiro atoms. The van der Waals surface area contributed by atoms with Crippen LogP contribution in [0.4, 0.5) is 0 Å². The van der Waals surface area contributed by atoms with Crippen molar-refractivity contribution >= 4 is 11.8 Å². The third-order valence-electron chi connectivity index (χ3n) is 5.66. The average molecular weight is 408 g/mol. The lowest BCUT2D eigenvalue weighted by molar-refractivity contribution is -0.142. The van der Waals surface area contributed by atoms with Gasteiger partial charge in [-0.1, -0.05) is 30.3 Å². The van der Waals surface area contributed by atoms with E-state index in [9.17, 15) is 9.59 Å². The van der Waals surface area contributed by atoms with Crippen molar-refractivity contribution < 1.29 is 14.3 Å². The Bertz CT molecular complexity index is 1060. The highest BCUT2D eigenvalue weighted by molar-refractivity contribution is 5.99. The van der Waals surface area contributed by atoms with Gasteiger partial charge in [-0.2, -0.15) is 5.10 Å². The summed E-state index contributed by atoms with van der Waals surface area (Å²) in [6.45, 7) is 8.29. The lowest BCUT2D eigenvalue weighted by atomic mass is 10.1. The van der Waals surface area contributed by atoms with Gasteiger partial charge >= 0.3 is 5.97 Å². The van der Waals surface area contributed by atoms with E-state index in [0.29, 0.717) is 18.5 Å². The van der Waals surface area contributed by atoms with Crippen molar-refractivity contribution in [3.63, 3.8) is 0 Å². The second-order valence-electron chi connectivity index (χ2n) is 7.71. The number of esters is 1. The highest BCUT2D eigenvalue weighted by atomic mass is 16.5. The van der Waals surface area contributed by atoms with Crippen LogP contribution in [0.1, 0.15) is 50.7 Å². The Morgan fingerprint density at radius 3 is 2.37 bits per heavy atom. The summed E-state index contributed by atoms with van der Waals surface area (Å²) in [5, 5.41) is 4.36. The molecule has 1 aromatic carbocycles. The fourth-order valence-corrected chi connectivity index (χ4v) is 3.80. The van der Waals surface area contributed by atoms with Crippen molar-refractivity contribution in [2.24, 2.45) is 7.05 Å². The van der Waals surface area contributed by atoms with Crippen LogP contribution in [-0.4, -0.2) is 32.7 Å². The second kappa shape index (κ2) is 9.11. The SMILES string of the molecule is Cc1nn(C)c(C)c1CCC(=O)OCC(=O)c1cc(C)n(Cc2ccccc2)c1C. The van der Waals surface area contributed by atoms with Gasteiger partial charge in [0.2, 0.25) is 5.78 Å². The van der Waals surface area contributed by atoms with Gasteiger partial charge in [-0.3, -0.25) is 14.3 Å². The first kappa shape index (κ1) is 21.6. The summed E-state index contributed by atoms with van der Waals surface area (Å²) in [6.07, 6.45) is 0.789. The number of carbonyl (C=O) groups is 2. The van der Waals surface area contributed by atoms with Gasteiger partial charge in [0.1, 0.15) is 0 Å². The summed E-state index contributed by atoms with van der Waals surface area (Å²) in [4.78, 5) is 24.8. The molecule has 0 aliphatic rings. The van der Waals surface area contributed by atoms with Crippen LogP contribution in [-0.2, 0) is 29.5 Å². The van der Waals surface area contributed by atoms with Crippen molar-refractivity contribution in [2.75, 3.05) is 6.61 Å². The van der Waals surface area contributed by atoms with E-state index in [4.69, 9.17) is 4.74 Å². The van der Waals surface area contributed by atoms with Crippen LogP contribution < -0.4 is 0 Å².